The van der Waals surface area contributed by atoms with Gasteiger partial charge in [0, 0.05) is 12.4 Å². The molecule has 1 amide bonds. The van der Waals surface area contributed by atoms with Crippen LogP contribution in [0, 0.1) is 0 Å². The monoisotopic (exact) mass is 193 g/mol. The quantitative estimate of drug-likeness (QED) is 0.658. The topological polar surface area (TPSA) is 56.9 Å². The van der Waals surface area contributed by atoms with Crippen molar-refractivity contribution in [2.45, 2.75) is 25.3 Å². The van der Waals surface area contributed by atoms with Gasteiger partial charge in [-0.1, -0.05) is 6.42 Å². The molecule has 1 fully saturated rings. The first-order chi connectivity index (χ1) is 6.86. The number of nitrogens with one attached hydrogen (secondary N) is 3. The van der Waals surface area contributed by atoms with Crippen LogP contribution in [0.25, 0.3) is 0 Å². The molecule has 0 saturated carbocycles. The lowest BCUT2D eigenvalue weighted by Crippen LogP contribution is -2.43. The maximum atomic E-state index is 11.7. The summed E-state index contributed by atoms with van der Waals surface area (Å²) in [4.78, 5) is 14.6. The molecule has 1 atom stereocenters. The van der Waals surface area contributed by atoms with Gasteiger partial charge in [-0.05, 0) is 25.5 Å². The maximum Gasteiger partial charge on any atom is 0.241 e. The third-order valence-corrected chi connectivity index (χ3v) is 2.49. The zero-order chi connectivity index (χ0) is 9.80. The Kier molecular flexibility index (Phi) is 2.84. The predicted molar refractivity (Wildman–Crippen MR) is 55.1 cm³/mol. The van der Waals surface area contributed by atoms with Crippen molar-refractivity contribution in [2.75, 3.05) is 11.9 Å². The van der Waals surface area contributed by atoms with Crippen LogP contribution in [0.2, 0.25) is 0 Å². The molecule has 1 saturated heterocycles. The molecule has 2 rings (SSSR count). The Balaban J connectivity index is 1.88. The number of hydrogen-bond acceptors (Lipinski definition) is 2. The molecule has 1 aliphatic rings. The minimum Gasteiger partial charge on any atom is -0.366 e. The molecule has 2 heterocycles. The lowest BCUT2D eigenvalue weighted by Gasteiger charge is -2.22. The Hall–Kier alpha value is -1.29. The molecule has 0 bridgehead atoms. The third kappa shape index (κ3) is 2.14. The van der Waals surface area contributed by atoms with Gasteiger partial charge in [-0.2, -0.15) is 0 Å². The van der Waals surface area contributed by atoms with Gasteiger partial charge in [0.2, 0.25) is 5.91 Å². The van der Waals surface area contributed by atoms with E-state index in [4.69, 9.17) is 0 Å². The fourth-order valence-corrected chi connectivity index (χ4v) is 1.71. The number of H-pyrrole nitrogens is 1. The van der Waals surface area contributed by atoms with Gasteiger partial charge in [-0.3, -0.25) is 4.79 Å². The number of carbonyl (C=O) groups is 1. The van der Waals surface area contributed by atoms with Gasteiger partial charge in [0.15, 0.2) is 0 Å². The first-order valence-corrected chi connectivity index (χ1v) is 5.03. The van der Waals surface area contributed by atoms with E-state index in [1.165, 1.54) is 6.42 Å². The van der Waals surface area contributed by atoms with Crippen molar-refractivity contribution in [3.05, 3.63) is 18.5 Å². The average Bonchev–Trinajstić information content (AvgIpc) is 2.72. The standard InChI is InChI=1S/C10H15N3O/c14-10(9-3-1-2-5-12-9)13-8-4-6-11-7-8/h4,6-7,9,11-12H,1-3,5H2,(H,13,14). The van der Waals surface area contributed by atoms with E-state index in [0.717, 1.165) is 25.1 Å². The molecule has 1 unspecified atom stereocenters. The molecule has 76 valence electrons. The predicted octanol–water partition coefficient (Wildman–Crippen LogP) is 1.10. The first kappa shape index (κ1) is 9.27. The van der Waals surface area contributed by atoms with Crippen LogP contribution in [0.15, 0.2) is 18.5 Å². The second-order valence-electron chi connectivity index (χ2n) is 3.59. The Bertz CT molecular complexity index is 288. The van der Waals surface area contributed by atoms with Crippen molar-refractivity contribution in [2.24, 2.45) is 0 Å². The molecule has 1 aromatic rings. The summed E-state index contributed by atoms with van der Waals surface area (Å²) in [6.45, 7) is 0.950. The van der Waals surface area contributed by atoms with Gasteiger partial charge in [-0.25, -0.2) is 0 Å². The highest BCUT2D eigenvalue weighted by Crippen LogP contribution is 2.10. The Morgan fingerprint density at radius 3 is 3.07 bits per heavy atom. The van der Waals surface area contributed by atoms with Gasteiger partial charge in [0.25, 0.3) is 0 Å². The summed E-state index contributed by atoms with van der Waals surface area (Å²) in [5, 5.41) is 6.07. The van der Waals surface area contributed by atoms with Crippen LogP contribution in [0.5, 0.6) is 0 Å². The van der Waals surface area contributed by atoms with Crippen LogP contribution in [-0.4, -0.2) is 23.5 Å². The molecule has 0 aromatic carbocycles. The lowest BCUT2D eigenvalue weighted by molar-refractivity contribution is -0.118. The van der Waals surface area contributed by atoms with Gasteiger partial charge in [0.05, 0.1) is 11.7 Å². The zero-order valence-corrected chi connectivity index (χ0v) is 8.05. The summed E-state index contributed by atoms with van der Waals surface area (Å²) >= 11 is 0. The normalized spacial score (nSPS) is 21.9. The van der Waals surface area contributed by atoms with E-state index < -0.39 is 0 Å². The molecule has 1 aromatic heterocycles. The third-order valence-electron chi connectivity index (χ3n) is 2.49. The van der Waals surface area contributed by atoms with Crippen molar-refractivity contribution in [3.8, 4) is 0 Å². The summed E-state index contributed by atoms with van der Waals surface area (Å²) in [7, 11) is 0. The van der Waals surface area contributed by atoms with E-state index in [0.29, 0.717) is 0 Å². The van der Waals surface area contributed by atoms with E-state index >= 15 is 0 Å². The molecule has 3 N–H and O–H groups in total. The second-order valence-corrected chi connectivity index (χ2v) is 3.59. The van der Waals surface area contributed by atoms with Crippen molar-refractivity contribution in [1.29, 1.82) is 0 Å². The molecular formula is C10H15N3O. The summed E-state index contributed by atoms with van der Waals surface area (Å²) in [5.74, 6) is 0.0734. The number of aromatic amines is 1. The first-order valence-electron chi connectivity index (χ1n) is 5.03. The second kappa shape index (κ2) is 4.28. The molecule has 0 spiro atoms. The number of amides is 1. The number of carbonyl (C=O) groups excluding carboxylic acids is 1. The van der Waals surface area contributed by atoms with Gasteiger partial charge < -0.3 is 15.6 Å². The number of piperidine rings is 1. The summed E-state index contributed by atoms with van der Waals surface area (Å²) < 4.78 is 0. The maximum absolute atomic E-state index is 11.7. The molecule has 4 heteroatoms. The zero-order valence-electron chi connectivity index (χ0n) is 8.05. The summed E-state index contributed by atoms with van der Waals surface area (Å²) in [5.41, 5.74) is 0.836. The molecule has 4 nitrogen and oxygen atoms in total. The number of hydrogen-bond donors (Lipinski definition) is 3. The fourth-order valence-electron chi connectivity index (χ4n) is 1.71. The van der Waals surface area contributed by atoms with Crippen molar-refractivity contribution in [1.82, 2.24) is 10.3 Å². The largest absolute Gasteiger partial charge is 0.366 e. The summed E-state index contributed by atoms with van der Waals surface area (Å²) in [6.07, 6.45) is 6.83. The van der Waals surface area contributed by atoms with E-state index in [1.807, 2.05) is 6.07 Å². The molecule has 0 radical (unpaired) electrons. The van der Waals surface area contributed by atoms with Crippen LogP contribution in [0.4, 0.5) is 5.69 Å². The van der Waals surface area contributed by atoms with E-state index in [9.17, 15) is 4.79 Å². The van der Waals surface area contributed by atoms with Gasteiger partial charge in [-0.15, -0.1) is 0 Å². The summed E-state index contributed by atoms with van der Waals surface area (Å²) in [6, 6.07) is 1.83. The molecule has 1 aliphatic heterocycles. The SMILES string of the molecule is O=C(Nc1cc[nH]c1)C1CCCCN1. The minimum absolute atomic E-state index is 0.0151. The van der Waals surface area contributed by atoms with Crippen LogP contribution < -0.4 is 10.6 Å². The Morgan fingerprint density at radius 1 is 1.50 bits per heavy atom. The number of anilines is 1. The highest BCUT2D eigenvalue weighted by atomic mass is 16.2. The number of rotatable bonds is 2. The van der Waals surface area contributed by atoms with Crippen molar-refractivity contribution >= 4 is 11.6 Å². The van der Waals surface area contributed by atoms with Crippen molar-refractivity contribution < 1.29 is 4.79 Å². The molecular weight excluding hydrogens is 178 g/mol. The van der Waals surface area contributed by atoms with E-state index in [-0.39, 0.29) is 11.9 Å². The molecule has 14 heavy (non-hydrogen) atoms. The van der Waals surface area contributed by atoms with Crippen molar-refractivity contribution in [3.63, 3.8) is 0 Å². The Morgan fingerprint density at radius 2 is 2.43 bits per heavy atom. The van der Waals surface area contributed by atoms with Gasteiger partial charge in [0.1, 0.15) is 0 Å². The van der Waals surface area contributed by atoms with Crippen LogP contribution in [0.1, 0.15) is 19.3 Å². The van der Waals surface area contributed by atoms with Crippen LogP contribution in [-0.2, 0) is 4.79 Å². The lowest BCUT2D eigenvalue weighted by atomic mass is 10.0. The smallest absolute Gasteiger partial charge is 0.241 e. The minimum atomic E-state index is -0.0151. The molecule has 0 aliphatic carbocycles. The van der Waals surface area contributed by atoms with E-state index in [2.05, 4.69) is 15.6 Å². The fraction of sp³-hybridized carbons (Fsp3) is 0.500. The van der Waals surface area contributed by atoms with E-state index in [1.54, 1.807) is 12.4 Å². The van der Waals surface area contributed by atoms with Gasteiger partial charge >= 0.3 is 0 Å². The highest BCUT2D eigenvalue weighted by molar-refractivity contribution is 5.94. The van der Waals surface area contributed by atoms with Crippen LogP contribution in [0.3, 0.4) is 0 Å². The van der Waals surface area contributed by atoms with Crippen LogP contribution >= 0.6 is 0 Å². The number of aromatic nitrogens is 1. The average molecular weight is 193 g/mol. The Labute approximate surface area is 83.1 Å². The highest BCUT2D eigenvalue weighted by Gasteiger charge is 2.20.